The third-order valence-corrected chi connectivity index (χ3v) is 4.55. The summed E-state index contributed by atoms with van der Waals surface area (Å²) in [5.41, 5.74) is 0.0705. The largest absolute Gasteiger partial charge is 0.379 e. The quantitative estimate of drug-likeness (QED) is 0.346. The van der Waals surface area contributed by atoms with Gasteiger partial charge in [0, 0.05) is 31.7 Å². The number of halogens is 1. The van der Waals surface area contributed by atoms with Crippen molar-refractivity contribution >= 4 is 29.9 Å². The third kappa shape index (κ3) is 8.54. The molecule has 0 aromatic heterocycles. The first-order valence-corrected chi connectivity index (χ1v) is 8.88. The lowest BCUT2D eigenvalue weighted by Gasteiger charge is -2.40. The lowest BCUT2D eigenvalue weighted by molar-refractivity contribution is -0.00683. The fourth-order valence-electron chi connectivity index (χ4n) is 2.70. The second-order valence-corrected chi connectivity index (χ2v) is 6.67. The van der Waals surface area contributed by atoms with E-state index in [4.69, 9.17) is 9.73 Å². The van der Waals surface area contributed by atoms with Crippen molar-refractivity contribution in [3.63, 3.8) is 0 Å². The fourth-order valence-corrected chi connectivity index (χ4v) is 2.70. The number of morpholine rings is 1. The van der Waals surface area contributed by atoms with Gasteiger partial charge in [-0.05, 0) is 26.7 Å². The minimum atomic E-state index is 0. The molecule has 0 aromatic carbocycles. The van der Waals surface area contributed by atoms with Gasteiger partial charge in [0.05, 0.1) is 19.8 Å². The van der Waals surface area contributed by atoms with Crippen LogP contribution in [0.2, 0.25) is 0 Å². The molecule has 1 heterocycles. The van der Waals surface area contributed by atoms with E-state index in [-0.39, 0.29) is 29.5 Å². The molecule has 1 aliphatic heterocycles. The van der Waals surface area contributed by atoms with Gasteiger partial charge in [-0.2, -0.15) is 0 Å². The number of guanidine groups is 1. The first-order valence-electron chi connectivity index (χ1n) is 8.88. The molecule has 1 aliphatic rings. The van der Waals surface area contributed by atoms with Crippen molar-refractivity contribution in [3.8, 4) is 0 Å². The Morgan fingerprint density at radius 3 is 2.26 bits per heavy atom. The number of nitrogens with one attached hydrogen (secondary N) is 2. The maximum atomic E-state index is 5.45. The van der Waals surface area contributed by atoms with E-state index in [1.54, 1.807) is 0 Å². The van der Waals surface area contributed by atoms with E-state index >= 15 is 0 Å². The molecule has 23 heavy (non-hydrogen) atoms. The molecule has 0 aromatic rings. The van der Waals surface area contributed by atoms with Gasteiger partial charge in [0.2, 0.25) is 0 Å². The third-order valence-electron chi connectivity index (χ3n) is 4.55. The Morgan fingerprint density at radius 2 is 1.74 bits per heavy atom. The van der Waals surface area contributed by atoms with Crippen LogP contribution in [-0.2, 0) is 4.74 Å². The van der Waals surface area contributed by atoms with Gasteiger partial charge in [0.25, 0.3) is 0 Å². The molecule has 0 bridgehead atoms. The predicted octanol–water partition coefficient (Wildman–Crippen LogP) is 2.71. The van der Waals surface area contributed by atoms with Gasteiger partial charge in [-0.15, -0.1) is 24.0 Å². The molecule has 1 fully saturated rings. The lowest BCUT2D eigenvalue weighted by Crippen LogP contribution is -2.52. The molecule has 0 amide bonds. The number of nitrogens with zero attached hydrogens (tertiary/aromatic N) is 2. The molecule has 1 saturated heterocycles. The number of aliphatic imine (C=N–C) groups is 1. The summed E-state index contributed by atoms with van der Waals surface area (Å²) in [6.45, 7) is 17.5. The second kappa shape index (κ2) is 12.3. The van der Waals surface area contributed by atoms with Gasteiger partial charge >= 0.3 is 0 Å². The summed E-state index contributed by atoms with van der Waals surface area (Å²) in [6.07, 6.45) is 2.42. The average molecular weight is 440 g/mol. The Bertz CT molecular complexity index is 327. The van der Waals surface area contributed by atoms with E-state index in [0.29, 0.717) is 0 Å². The predicted molar refractivity (Wildman–Crippen MR) is 110 cm³/mol. The Kier molecular flexibility index (Phi) is 12.3. The smallest absolute Gasteiger partial charge is 0.191 e. The van der Waals surface area contributed by atoms with Gasteiger partial charge in [-0.25, -0.2) is 0 Å². The normalized spacial score (nSPS) is 17.0. The van der Waals surface area contributed by atoms with E-state index in [0.717, 1.165) is 57.8 Å². The van der Waals surface area contributed by atoms with Crippen molar-refractivity contribution in [1.82, 2.24) is 15.5 Å². The molecule has 5 nitrogen and oxygen atoms in total. The summed E-state index contributed by atoms with van der Waals surface area (Å²) < 4.78 is 5.45. The van der Waals surface area contributed by atoms with Crippen LogP contribution >= 0.6 is 24.0 Å². The van der Waals surface area contributed by atoms with Crippen LogP contribution in [0.3, 0.4) is 0 Å². The maximum Gasteiger partial charge on any atom is 0.191 e. The molecule has 0 saturated carbocycles. The highest BCUT2D eigenvalue weighted by Gasteiger charge is 2.28. The van der Waals surface area contributed by atoms with E-state index in [9.17, 15) is 0 Å². The van der Waals surface area contributed by atoms with Crippen LogP contribution in [0.25, 0.3) is 0 Å². The molecular formula is C17H37IN4O. The topological polar surface area (TPSA) is 48.9 Å². The van der Waals surface area contributed by atoms with Crippen LogP contribution in [0.4, 0.5) is 0 Å². The van der Waals surface area contributed by atoms with E-state index < -0.39 is 0 Å². The van der Waals surface area contributed by atoms with Gasteiger partial charge in [-0.3, -0.25) is 9.89 Å². The number of rotatable bonds is 8. The van der Waals surface area contributed by atoms with Crippen molar-refractivity contribution in [3.05, 3.63) is 0 Å². The minimum Gasteiger partial charge on any atom is -0.379 e. The number of hydrogen-bond acceptors (Lipinski definition) is 3. The van der Waals surface area contributed by atoms with Crippen LogP contribution in [0, 0.1) is 5.92 Å². The molecular weight excluding hydrogens is 403 g/mol. The molecule has 0 radical (unpaired) electrons. The Labute approximate surface area is 160 Å². The highest BCUT2D eigenvalue weighted by atomic mass is 127. The van der Waals surface area contributed by atoms with Gasteiger partial charge < -0.3 is 15.4 Å². The highest BCUT2D eigenvalue weighted by molar-refractivity contribution is 14.0. The molecule has 0 spiro atoms. The molecule has 6 heteroatoms. The zero-order chi connectivity index (χ0) is 16.4. The summed E-state index contributed by atoms with van der Waals surface area (Å²) in [4.78, 5) is 7.29. The first kappa shape index (κ1) is 22.9. The second-order valence-electron chi connectivity index (χ2n) is 6.67. The Morgan fingerprint density at radius 1 is 1.13 bits per heavy atom. The van der Waals surface area contributed by atoms with Crippen molar-refractivity contribution in [1.29, 1.82) is 0 Å². The van der Waals surface area contributed by atoms with Crippen molar-refractivity contribution in [2.75, 3.05) is 45.9 Å². The van der Waals surface area contributed by atoms with E-state index in [1.165, 1.54) is 12.8 Å². The van der Waals surface area contributed by atoms with Gasteiger partial charge in [0.1, 0.15) is 0 Å². The summed E-state index contributed by atoms with van der Waals surface area (Å²) in [7, 11) is 0. The minimum absolute atomic E-state index is 0. The zero-order valence-electron chi connectivity index (χ0n) is 15.7. The standard InChI is InChI=1S/C17H36N4O.HI/c1-6-15(7-2)13-19-16(18-8-3)20-14-17(4,5)21-9-11-22-12-10-21;/h15H,6-14H2,1-5H3,(H2,18,19,20);1H. The fraction of sp³-hybridized carbons (Fsp3) is 0.941. The van der Waals surface area contributed by atoms with Crippen molar-refractivity contribution in [2.45, 2.75) is 53.0 Å². The van der Waals surface area contributed by atoms with Crippen LogP contribution in [-0.4, -0.2) is 62.3 Å². The summed E-state index contributed by atoms with van der Waals surface area (Å²) in [5.74, 6) is 1.66. The summed E-state index contributed by atoms with van der Waals surface area (Å²) in [6, 6.07) is 0. The van der Waals surface area contributed by atoms with Crippen molar-refractivity contribution < 1.29 is 4.74 Å². The SMILES string of the molecule is CCNC(=NCC(C)(C)N1CCOCC1)NCC(CC)CC.I. The average Bonchev–Trinajstić information content (AvgIpc) is 2.54. The molecule has 0 unspecified atom stereocenters. The van der Waals surface area contributed by atoms with Crippen LogP contribution in [0.15, 0.2) is 4.99 Å². The zero-order valence-corrected chi connectivity index (χ0v) is 18.0. The molecule has 2 N–H and O–H groups in total. The lowest BCUT2D eigenvalue weighted by atomic mass is 10.0. The number of hydrogen-bond donors (Lipinski definition) is 2. The van der Waals surface area contributed by atoms with Crippen LogP contribution < -0.4 is 10.6 Å². The Hall–Kier alpha value is -0.0800. The molecule has 138 valence electrons. The first-order chi connectivity index (χ1) is 10.5. The molecule has 0 atom stereocenters. The monoisotopic (exact) mass is 440 g/mol. The summed E-state index contributed by atoms with van der Waals surface area (Å²) in [5, 5.41) is 6.85. The molecule has 1 rings (SSSR count). The highest BCUT2D eigenvalue weighted by Crippen LogP contribution is 2.16. The van der Waals surface area contributed by atoms with Gasteiger partial charge in [0.15, 0.2) is 5.96 Å². The van der Waals surface area contributed by atoms with E-state index in [2.05, 4.69) is 50.2 Å². The van der Waals surface area contributed by atoms with Crippen LogP contribution in [0.1, 0.15) is 47.5 Å². The maximum absolute atomic E-state index is 5.45. The Balaban J connectivity index is 0.00000484. The molecule has 0 aliphatic carbocycles. The van der Waals surface area contributed by atoms with Crippen LogP contribution in [0.5, 0.6) is 0 Å². The van der Waals surface area contributed by atoms with E-state index in [1.807, 2.05) is 0 Å². The van der Waals surface area contributed by atoms with Crippen molar-refractivity contribution in [2.24, 2.45) is 10.9 Å². The number of ether oxygens (including phenoxy) is 1. The van der Waals surface area contributed by atoms with Gasteiger partial charge in [-0.1, -0.05) is 26.7 Å². The summed E-state index contributed by atoms with van der Waals surface area (Å²) >= 11 is 0.